The quantitative estimate of drug-likeness (QED) is 0.297. The molecule has 2 amide bonds. The number of halogens is 2. The highest BCUT2D eigenvalue weighted by Gasteiger charge is 2.34. The summed E-state index contributed by atoms with van der Waals surface area (Å²) in [6, 6.07) is 20.8. The number of carbonyl (C=O) groups is 2. The molecule has 0 radical (unpaired) electrons. The average molecular weight is 617 g/mol. The first kappa shape index (κ1) is 30.9. The molecule has 1 saturated carbocycles. The van der Waals surface area contributed by atoms with E-state index in [-0.39, 0.29) is 40.6 Å². The van der Waals surface area contributed by atoms with E-state index in [1.165, 1.54) is 17.0 Å². The lowest BCUT2D eigenvalue weighted by Crippen LogP contribution is -2.54. The molecular formula is C31H35Cl2N3O4S. The van der Waals surface area contributed by atoms with Crippen LogP contribution < -0.4 is 9.62 Å². The van der Waals surface area contributed by atoms with Crippen molar-refractivity contribution in [3.8, 4) is 0 Å². The maximum Gasteiger partial charge on any atom is 0.244 e. The van der Waals surface area contributed by atoms with E-state index in [2.05, 4.69) is 5.32 Å². The number of aryl methyl sites for hydroxylation is 1. The second-order valence-electron chi connectivity index (χ2n) is 10.6. The van der Waals surface area contributed by atoms with Crippen molar-refractivity contribution < 1.29 is 18.0 Å². The van der Waals surface area contributed by atoms with E-state index in [0.29, 0.717) is 0 Å². The van der Waals surface area contributed by atoms with Crippen molar-refractivity contribution in [1.82, 2.24) is 10.2 Å². The zero-order chi connectivity index (χ0) is 29.6. The third kappa shape index (κ3) is 8.47. The normalized spacial score (nSPS) is 14.4. The van der Waals surface area contributed by atoms with E-state index in [9.17, 15) is 18.0 Å². The van der Waals surface area contributed by atoms with Crippen LogP contribution in [0.3, 0.4) is 0 Å². The first-order valence-corrected chi connectivity index (χ1v) is 16.2. The Hall–Kier alpha value is -3.07. The molecule has 7 nitrogen and oxygen atoms in total. The fraction of sp³-hybridized carbons (Fsp3) is 0.355. The molecule has 1 N–H and O–H groups in total. The van der Waals surface area contributed by atoms with Crippen molar-refractivity contribution in [2.45, 2.75) is 57.7 Å². The van der Waals surface area contributed by atoms with Crippen molar-refractivity contribution in [2.75, 3.05) is 17.1 Å². The van der Waals surface area contributed by atoms with Crippen LogP contribution in [0.1, 0.15) is 42.4 Å². The number of nitrogens with one attached hydrogen (secondary N) is 1. The smallest absolute Gasteiger partial charge is 0.244 e. The molecule has 3 aromatic carbocycles. The van der Waals surface area contributed by atoms with Gasteiger partial charge in [0.25, 0.3) is 0 Å². The molecule has 0 saturated heterocycles. The van der Waals surface area contributed by atoms with Crippen molar-refractivity contribution in [2.24, 2.45) is 0 Å². The molecule has 10 heteroatoms. The highest BCUT2D eigenvalue weighted by atomic mass is 35.5. The summed E-state index contributed by atoms with van der Waals surface area (Å²) in [5.74, 6) is -0.789. The average Bonchev–Trinajstić information content (AvgIpc) is 3.44. The van der Waals surface area contributed by atoms with Gasteiger partial charge in [-0.25, -0.2) is 8.42 Å². The fourth-order valence-corrected chi connectivity index (χ4v) is 6.37. The number of nitrogens with zero attached hydrogens (tertiary/aromatic N) is 2. The Labute approximate surface area is 252 Å². The van der Waals surface area contributed by atoms with Gasteiger partial charge in [0.15, 0.2) is 0 Å². The molecule has 1 unspecified atom stereocenters. The number of carbonyl (C=O) groups excluding carboxylic acids is 2. The summed E-state index contributed by atoms with van der Waals surface area (Å²) in [6.45, 7) is 1.54. The third-order valence-corrected chi connectivity index (χ3v) is 8.98. The molecule has 1 fully saturated rings. The van der Waals surface area contributed by atoms with Crippen LogP contribution in [0, 0.1) is 6.92 Å². The monoisotopic (exact) mass is 615 g/mol. The summed E-state index contributed by atoms with van der Waals surface area (Å²) in [5.41, 5.74) is 2.87. The van der Waals surface area contributed by atoms with Crippen molar-refractivity contribution in [1.29, 1.82) is 0 Å². The lowest BCUT2D eigenvalue weighted by Gasteiger charge is -2.34. The summed E-state index contributed by atoms with van der Waals surface area (Å²) in [5, 5.41) is 3.57. The number of hydrogen-bond acceptors (Lipinski definition) is 4. The minimum atomic E-state index is -3.95. The maximum atomic E-state index is 14.2. The van der Waals surface area contributed by atoms with Crippen LogP contribution in [0.4, 0.5) is 5.69 Å². The van der Waals surface area contributed by atoms with E-state index in [1.54, 1.807) is 6.07 Å². The van der Waals surface area contributed by atoms with Crippen LogP contribution in [-0.2, 0) is 32.6 Å². The Kier molecular flexibility index (Phi) is 10.3. The first-order chi connectivity index (χ1) is 19.5. The maximum absolute atomic E-state index is 14.2. The number of hydrogen-bond donors (Lipinski definition) is 1. The number of amides is 2. The van der Waals surface area contributed by atoms with Gasteiger partial charge in [-0.1, -0.05) is 96.2 Å². The highest BCUT2D eigenvalue weighted by molar-refractivity contribution is 7.92. The molecule has 0 spiro atoms. The van der Waals surface area contributed by atoms with Crippen LogP contribution in [0.25, 0.3) is 0 Å². The molecule has 0 aliphatic heterocycles. The van der Waals surface area contributed by atoms with E-state index in [0.717, 1.165) is 52.9 Å². The minimum absolute atomic E-state index is 0.0508. The lowest BCUT2D eigenvalue weighted by molar-refractivity contribution is -0.140. The van der Waals surface area contributed by atoms with Gasteiger partial charge in [-0.15, -0.1) is 0 Å². The molecule has 0 heterocycles. The van der Waals surface area contributed by atoms with Crippen LogP contribution in [0.15, 0.2) is 72.8 Å². The largest absolute Gasteiger partial charge is 0.352 e. The Morgan fingerprint density at radius 1 is 0.951 bits per heavy atom. The van der Waals surface area contributed by atoms with Crippen molar-refractivity contribution >= 4 is 50.7 Å². The molecule has 1 aliphatic rings. The van der Waals surface area contributed by atoms with Gasteiger partial charge in [-0.3, -0.25) is 13.9 Å². The van der Waals surface area contributed by atoms with Gasteiger partial charge in [0.1, 0.15) is 12.6 Å². The molecule has 1 aliphatic carbocycles. The molecule has 0 bridgehead atoms. The Balaban J connectivity index is 1.74. The topological polar surface area (TPSA) is 86.8 Å². The van der Waals surface area contributed by atoms with Gasteiger partial charge in [0.05, 0.1) is 17.0 Å². The standard InChI is InChI=1S/C31H35Cl2N3O4S/c1-22-12-14-24(15-13-22)20-35(30(37)21-36(41(2,39)40)28-19-25(32)16-17-27(28)33)29(18-23-8-4-3-5-9-23)31(38)34-26-10-6-7-11-26/h3-5,8-9,12-17,19,26,29H,6-7,10-11,18,20-21H2,1-2H3,(H,34,38). The number of anilines is 1. The third-order valence-electron chi connectivity index (χ3n) is 7.30. The fourth-order valence-electron chi connectivity index (χ4n) is 5.08. The number of rotatable bonds is 11. The van der Waals surface area contributed by atoms with Gasteiger partial charge >= 0.3 is 0 Å². The Bertz CT molecular complexity index is 1460. The SMILES string of the molecule is Cc1ccc(CN(C(=O)CN(c2cc(Cl)ccc2Cl)S(C)(=O)=O)C(Cc2ccccc2)C(=O)NC2CCCC2)cc1. The Morgan fingerprint density at radius 2 is 1.61 bits per heavy atom. The van der Waals surface area contributed by atoms with E-state index in [1.807, 2.05) is 61.5 Å². The summed E-state index contributed by atoms with van der Waals surface area (Å²) in [4.78, 5) is 29.5. The van der Waals surface area contributed by atoms with Gasteiger partial charge in [0.2, 0.25) is 21.8 Å². The van der Waals surface area contributed by atoms with Gasteiger partial charge in [0, 0.05) is 24.0 Å². The van der Waals surface area contributed by atoms with E-state index in [4.69, 9.17) is 23.2 Å². The van der Waals surface area contributed by atoms with Gasteiger partial charge < -0.3 is 10.2 Å². The second-order valence-corrected chi connectivity index (χ2v) is 13.3. The Morgan fingerprint density at radius 3 is 2.24 bits per heavy atom. The second kappa shape index (κ2) is 13.7. The van der Waals surface area contributed by atoms with Crippen LogP contribution in [0.2, 0.25) is 10.0 Å². The van der Waals surface area contributed by atoms with E-state index < -0.39 is 28.5 Å². The zero-order valence-corrected chi connectivity index (χ0v) is 25.6. The molecule has 4 rings (SSSR count). The number of benzene rings is 3. The molecule has 1 atom stereocenters. The molecule has 218 valence electrons. The number of sulfonamides is 1. The predicted octanol–water partition coefficient (Wildman–Crippen LogP) is 5.77. The zero-order valence-electron chi connectivity index (χ0n) is 23.2. The van der Waals surface area contributed by atoms with Crippen LogP contribution in [0.5, 0.6) is 0 Å². The first-order valence-electron chi connectivity index (χ1n) is 13.6. The van der Waals surface area contributed by atoms with Gasteiger partial charge in [-0.05, 0) is 49.1 Å². The lowest BCUT2D eigenvalue weighted by atomic mass is 10.0. The summed E-state index contributed by atoms with van der Waals surface area (Å²) in [6.07, 6.45) is 5.16. The van der Waals surface area contributed by atoms with Crippen molar-refractivity contribution in [3.63, 3.8) is 0 Å². The molecular weight excluding hydrogens is 581 g/mol. The summed E-state index contributed by atoms with van der Waals surface area (Å²) < 4.78 is 26.8. The molecule has 3 aromatic rings. The minimum Gasteiger partial charge on any atom is -0.352 e. The molecule has 41 heavy (non-hydrogen) atoms. The van der Waals surface area contributed by atoms with Crippen LogP contribution in [-0.4, -0.2) is 50.0 Å². The predicted molar refractivity (Wildman–Crippen MR) is 165 cm³/mol. The van der Waals surface area contributed by atoms with Gasteiger partial charge in [-0.2, -0.15) is 0 Å². The summed E-state index contributed by atoms with van der Waals surface area (Å²) >= 11 is 12.5. The van der Waals surface area contributed by atoms with E-state index >= 15 is 0 Å². The van der Waals surface area contributed by atoms with Crippen LogP contribution >= 0.6 is 23.2 Å². The summed E-state index contributed by atoms with van der Waals surface area (Å²) in [7, 11) is -3.95. The van der Waals surface area contributed by atoms with Crippen molar-refractivity contribution in [3.05, 3.63) is 99.5 Å². The highest BCUT2D eigenvalue weighted by Crippen LogP contribution is 2.31. The molecule has 0 aromatic heterocycles.